The molecule has 0 fully saturated rings. The average molecular weight is 286 g/mol. The molecule has 0 saturated heterocycles. The summed E-state index contributed by atoms with van der Waals surface area (Å²) in [6, 6.07) is 14.7. The molecule has 0 aliphatic carbocycles. The maximum Gasteiger partial charge on any atom is 0.341 e. The van der Waals surface area contributed by atoms with Crippen molar-refractivity contribution < 1.29 is 24.5 Å². The molecule has 2 aromatic carbocycles. The highest BCUT2D eigenvalue weighted by Gasteiger charge is 2.19. The van der Waals surface area contributed by atoms with Crippen LogP contribution < -0.4 is 4.74 Å². The molecule has 2 aromatic rings. The molecule has 0 saturated carbocycles. The van der Waals surface area contributed by atoms with Crippen LogP contribution in [-0.4, -0.2) is 28.6 Å². The lowest BCUT2D eigenvalue weighted by Crippen LogP contribution is -2.13. The largest absolute Gasteiger partial charge is 0.482 e. The summed E-state index contributed by atoms with van der Waals surface area (Å²) >= 11 is 0. The number of aliphatic hydroxyl groups excluding tert-OH is 1. The van der Waals surface area contributed by atoms with Crippen LogP contribution in [-0.2, 0) is 4.79 Å². The molecule has 108 valence electrons. The molecule has 0 radical (unpaired) electrons. The maximum absolute atomic E-state index is 12.2. The standard InChI is InChI=1S/C16H14O5/c17-14(18)10-21-13-8-4-7-12(9-13)16(20)15(19)11-5-2-1-3-6-11/h1-9,15,19H,10H2,(H,17,18). The zero-order chi connectivity index (χ0) is 15.2. The van der Waals surface area contributed by atoms with Crippen molar-refractivity contribution in [2.75, 3.05) is 6.61 Å². The predicted molar refractivity (Wildman–Crippen MR) is 75.3 cm³/mol. The summed E-state index contributed by atoms with van der Waals surface area (Å²) in [7, 11) is 0. The summed E-state index contributed by atoms with van der Waals surface area (Å²) in [6.07, 6.45) is -1.26. The Balaban J connectivity index is 2.15. The van der Waals surface area contributed by atoms with Crippen molar-refractivity contribution in [1.29, 1.82) is 0 Å². The molecule has 1 unspecified atom stereocenters. The normalized spacial score (nSPS) is 11.7. The van der Waals surface area contributed by atoms with Crippen LogP contribution in [0.1, 0.15) is 22.0 Å². The molecule has 5 heteroatoms. The molecule has 21 heavy (non-hydrogen) atoms. The fourth-order valence-electron chi connectivity index (χ4n) is 1.83. The monoisotopic (exact) mass is 286 g/mol. The number of carboxylic acid groups (broad SMARTS) is 1. The first-order valence-electron chi connectivity index (χ1n) is 6.30. The number of hydrogen-bond donors (Lipinski definition) is 2. The Labute approximate surface area is 121 Å². The second-order valence-corrected chi connectivity index (χ2v) is 4.39. The van der Waals surface area contributed by atoms with Crippen molar-refractivity contribution in [3.8, 4) is 5.75 Å². The van der Waals surface area contributed by atoms with Gasteiger partial charge in [0, 0.05) is 5.56 Å². The van der Waals surface area contributed by atoms with Gasteiger partial charge in [-0.1, -0.05) is 42.5 Å². The van der Waals surface area contributed by atoms with E-state index in [2.05, 4.69) is 0 Å². The number of ketones is 1. The molecule has 0 spiro atoms. The summed E-state index contributed by atoms with van der Waals surface area (Å²) in [4.78, 5) is 22.7. The Morgan fingerprint density at radius 2 is 1.76 bits per heavy atom. The molecule has 0 bridgehead atoms. The zero-order valence-corrected chi connectivity index (χ0v) is 11.1. The van der Waals surface area contributed by atoms with Gasteiger partial charge in [0.05, 0.1) is 0 Å². The number of rotatable bonds is 6. The summed E-state index contributed by atoms with van der Waals surface area (Å²) in [5.74, 6) is -1.30. The van der Waals surface area contributed by atoms with Gasteiger partial charge in [0.25, 0.3) is 0 Å². The van der Waals surface area contributed by atoms with E-state index in [0.717, 1.165) is 0 Å². The van der Waals surface area contributed by atoms with Crippen molar-refractivity contribution in [1.82, 2.24) is 0 Å². The van der Waals surface area contributed by atoms with E-state index in [1.54, 1.807) is 48.5 Å². The number of benzene rings is 2. The van der Waals surface area contributed by atoms with E-state index < -0.39 is 24.5 Å². The van der Waals surface area contributed by atoms with E-state index in [1.165, 1.54) is 6.07 Å². The summed E-state index contributed by atoms with van der Waals surface area (Å²) < 4.78 is 5.01. The van der Waals surface area contributed by atoms with Crippen LogP contribution in [0, 0.1) is 0 Å². The van der Waals surface area contributed by atoms with Gasteiger partial charge in [-0.25, -0.2) is 4.79 Å². The first kappa shape index (κ1) is 14.7. The Bertz CT molecular complexity index is 636. The average Bonchev–Trinajstić information content (AvgIpc) is 2.52. The van der Waals surface area contributed by atoms with Crippen LogP contribution in [0.25, 0.3) is 0 Å². The molecule has 0 amide bonds. The molecule has 5 nitrogen and oxygen atoms in total. The van der Waals surface area contributed by atoms with Gasteiger partial charge in [-0.15, -0.1) is 0 Å². The molecule has 0 aliphatic heterocycles. The molecule has 1 atom stereocenters. The number of hydrogen-bond acceptors (Lipinski definition) is 4. The summed E-state index contributed by atoms with van der Waals surface area (Å²) in [5.41, 5.74) is 0.758. The second kappa shape index (κ2) is 6.67. The quantitative estimate of drug-likeness (QED) is 0.794. The fraction of sp³-hybridized carbons (Fsp3) is 0.125. The highest BCUT2D eigenvalue weighted by molar-refractivity contribution is 6.00. The lowest BCUT2D eigenvalue weighted by atomic mass is 10.00. The molecule has 0 aromatic heterocycles. The number of Topliss-reactive ketones (excluding diaryl/α,β-unsaturated/α-hetero) is 1. The highest BCUT2D eigenvalue weighted by Crippen LogP contribution is 2.21. The van der Waals surface area contributed by atoms with Crippen molar-refractivity contribution in [2.45, 2.75) is 6.10 Å². The van der Waals surface area contributed by atoms with E-state index in [4.69, 9.17) is 9.84 Å². The van der Waals surface area contributed by atoms with Crippen LogP contribution >= 0.6 is 0 Å². The van der Waals surface area contributed by atoms with Gasteiger partial charge in [0.2, 0.25) is 0 Å². The molecule has 0 heterocycles. The van der Waals surface area contributed by atoms with Crippen LogP contribution in [0.4, 0.5) is 0 Å². The summed E-state index contributed by atoms with van der Waals surface area (Å²) in [6.45, 7) is -0.487. The molecule has 2 N–H and O–H groups in total. The van der Waals surface area contributed by atoms with Gasteiger partial charge in [-0.2, -0.15) is 0 Å². The van der Waals surface area contributed by atoms with Gasteiger partial charge in [-0.3, -0.25) is 4.79 Å². The van der Waals surface area contributed by atoms with Gasteiger partial charge in [0.15, 0.2) is 12.4 Å². The van der Waals surface area contributed by atoms with Gasteiger partial charge < -0.3 is 14.9 Å². The number of carbonyl (C=O) groups is 2. The third kappa shape index (κ3) is 3.90. The Morgan fingerprint density at radius 1 is 1.05 bits per heavy atom. The summed E-state index contributed by atoms with van der Waals surface area (Å²) in [5, 5.41) is 18.6. The van der Waals surface area contributed by atoms with Gasteiger partial charge in [-0.05, 0) is 17.7 Å². The number of aliphatic carboxylic acids is 1. The number of carbonyl (C=O) groups excluding carboxylic acids is 1. The third-order valence-electron chi connectivity index (χ3n) is 2.84. The van der Waals surface area contributed by atoms with E-state index in [0.29, 0.717) is 5.56 Å². The Morgan fingerprint density at radius 3 is 2.43 bits per heavy atom. The first-order chi connectivity index (χ1) is 10.1. The molecular weight excluding hydrogens is 272 g/mol. The fourth-order valence-corrected chi connectivity index (χ4v) is 1.83. The van der Waals surface area contributed by atoms with Crippen LogP contribution in [0.5, 0.6) is 5.75 Å². The Kier molecular flexibility index (Phi) is 4.68. The maximum atomic E-state index is 12.2. The van der Waals surface area contributed by atoms with E-state index in [1.807, 2.05) is 0 Å². The van der Waals surface area contributed by atoms with Gasteiger partial charge in [0.1, 0.15) is 11.9 Å². The van der Waals surface area contributed by atoms with Crippen molar-refractivity contribution in [2.24, 2.45) is 0 Å². The van der Waals surface area contributed by atoms with Crippen LogP contribution in [0.3, 0.4) is 0 Å². The minimum atomic E-state index is -1.26. The van der Waals surface area contributed by atoms with Crippen molar-refractivity contribution in [3.05, 3.63) is 65.7 Å². The van der Waals surface area contributed by atoms with E-state index in [-0.39, 0.29) is 11.3 Å². The Hall–Kier alpha value is -2.66. The number of ether oxygens (including phenoxy) is 1. The highest BCUT2D eigenvalue weighted by atomic mass is 16.5. The van der Waals surface area contributed by atoms with Crippen molar-refractivity contribution >= 4 is 11.8 Å². The number of aliphatic hydroxyl groups is 1. The minimum absolute atomic E-state index is 0.259. The topological polar surface area (TPSA) is 83.8 Å². The minimum Gasteiger partial charge on any atom is -0.482 e. The van der Waals surface area contributed by atoms with Crippen molar-refractivity contribution in [3.63, 3.8) is 0 Å². The van der Waals surface area contributed by atoms with Gasteiger partial charge >= 0.3 is 5.97 Å². The number of carboxylic acids is 1. The second-order valence-electron chi connectivity index (χ2n) is 4.39. The smallest absolute Gasteiger partial charge is 0.341 e. The van der Waals surface area contributed by atoms with E-state index in [9.17, 15) is 14.7 Å². The lowest BCUT2D eigenvalue weighted by molar-refractivity contribution is -0.139. The molecule has 0 aliphatic rings. The SMILES string of the molecule is O=C(O)COc1cccc(C(=O)C(O)c2ccccc2)c1. The lowest BCUT2D eigenvalue weighted by Gasteiger charge is -2.11. The molecular formula is C16H14O5. The zero-order valence-electron chi connectivity index (χ0n) is 11.1. The third-order valence-corrected chi connectivity index (χ3v) is 2.84. The predicted octanol–water partition coefficient (Wildman–Crippen LogP) is 2.07. The van der Waals surface area contributed by atoms with Crippen LogP contribution in [0.15, 0.2) is 54.6 Å². The molecule has 2 rings (SSSR count). The van der Waals surface area contributed by atoms with Crippen LogP contribution in [0.2, 0.25) is 0 Å². The van der Waals surface area contributed by atoms with E-state index >= 15 is 0 Å². The first-order valence-corrected chi connectivity index (χ1v) is 6.30.